The van der Waals surface area contributed by atoms with Crippen molar-refractivity contribution in [2.75, 3.05) is 20.2 Å². The molecule has 20 heavy (non-hydrogen) atoms. The predicted molar refractivity (Wildman–Crippen MR) is 71.0 cm³/mol. The molecular formula is C14H17NO5. The topological polar surface area (TPSA) is 76.1 Å². The fourth-order valence-corrected chi connectivity index (χ4v) is 2.14. The molecule has 1 amide bonds. The van der Waals surface area contributed by atoms with Crippen molar-refractivity contribution in [3.05, 3.63) is 24.3 Å². The number of ether oxygens (including phenoxy) is 2. The summed E-state index contributed by atoms with van der Waals surface area (Å²) in [5.74, 6) is -0.142. The summed E-state index contributed by atoms with van der Waals surface area (Å²) in [5, 5.41) is 8.91. The Morgan fingerprint density at radius 3 is 2.50 bits per heavy atom. The molecule has 0 spiro atoms. The van der Waals surface area contributed by atoms with Crippen molar-refractivity contribution >= 4 is 12.1 Å². The molecule has 0 aliphatic carbocycles. The number of piperidine rings is 1. The smallest absolute Gasteiger partial charge is 0.415 e. The first kappa shape index (κ1) is 14.2. The summed E-state index contributed by atoms with van der Waals surface area (Å²) in [5.41, 5.74) is 0. The number of hydrogen-bond donors (Lipinski definition) is 1. The van der Waals surface area contributed by atoms with Crippen molar-refractivity contribution in [2.24, 2.45) is 5.92 Å². The molecule has 1 heterocycles. The number of carbonyl (C=O) groups excluding carboxylic acids is 1. The van der Waals surface area contributed by atoms with Gasteiger partial charge in [0.05, 0.1) is 13.0 Å². The van der Waals surface area contributed by atoms with E-state index in [-0.39, 0.29) is 5.92 Å². The summed E-state index contributed by atoms with van der Waals surface area (Å²) in [4.78, 5) is 24.3. The van der Waals surface area contributed by atoms with Gasteiger partial charge < -0.3 is 19.5 Å². The first-order valence-electron chi connectivity index (χ1n) is 6.44. The Morgan fingerprint density at radius 1 is 1.25 bits per heavy atom. The van der Waals surface area contributed by atoms with Crippen LogP contribution in [0.15, 0.2) is 24.3 Å². The second-order valence-corrected chi connectivity index (χ2v) is 4.65. The molecule has 1 saturated heterocycles. The number of likely N-dealkylation sites (tertiary alicyclic amines) is 1. The molecule has 1 aliphatic rings. The molecule has 0 aromatic heterocycles. The van der Waals surface area contributed by atoms with E-state index in [0.717, 1.165) is 0 Å². The molecule has 1 fully saturated rings. The summed E-state index contributed by atoms with van der Waals surface area (Å²) >= 11 is 0. The van der Waals surface area contributed by atoms with Gasteiger partial charge in [0.2, 0.25) is 0 Å². The van der Waals surface area contributed by atoms with Crippen LogP contribution in [0.25, 0.3) is 0 Å². The lowest BCUT2D eigenvalue weighted by Gasteiger charge is -2.29. The molecule has 0 radical (unpaired) electrons. The molecule has 0 bridgehead atoms. The summed E-state index contributed by atoms with van der Waals surface area (Å²) in [7, 11) is 1.54. The van der Waals surface area contributed by atoms with E-state index in [2.05, 4.69) is 0 Å². The highest BCUT2D eigenvalue weighted by Gasteiger charge is 2.27. The quantitative estimate of drug-likeness (QED) is 0.915. The zero-order chi connectivity index (χ0) is 14.5. The number of rotatable bonds is 3. The summed E-state index contributed by atoms with van der Waals surface area (Å²) in [6.45, 7) is 0.805. The van der Waals surface area contributed by atoms with Crippen molar-refractivity contribution in [3.8, 4) is 11.5 Å². The molecule has 0 atom stereocenters. The van der Waals surface area contributed by atoms with E-state index in [0.29, 0.717) is 37.4 Å². The third-order valence-electron chi connectivity index (χ3n) is 3.35. The maximum absolute atomic E-state index is 12.0. The Morgan fingerprint density at radius 2 is 1.90 bits per heavy atom. The maximum Gasteiger partial charge on any atom is 0.415 e. The van der Waals surface area contributed by atoms with Gasteiger partial charge >= 0.3 is 12.1 Å². The molecule has 2 rings (SSSR count). The predicted octanol–water partition coefficient (Wildman–Crippen LogP) is 1.99. The molecule has 0 unspecified atom stereocenters. The van der Waals surface area contributed by atoms with Gasteiger partial charge in [-0.1, -0.05) is 6.07 Å². The van der Waals surface area contributed by atoms with Crippen LogP contribution in [-0.2, 0) is 4.79 Å². The highest BCUT2D eigenvalue weighted by Crippen LogP contribution is 2.22. The number of carbonyl (C=O) groups is 2. The number of nitrogens with zero attached hydrogens (tertiary/aromatic N) is 1. The van der Waals surface area contributed by atoms with Crippen LogP contribution in [0.5, 0.6) is 11.5 Å². The lowest BCUT2D eigenvalue weighted by Crippen LogP contribution is -2.41. The third kappa shape index (κ3) is 3.40. The Labute approximate surface area is 116 Å². The van der Waals surface area contributed by atoms with Gasteiger partial charge in [0.15, 0.2) is 0 Å². The van der Waals surface area contributed by atoms with Crippen molar-refractivity contribution in [2.45, 2.75) is 12.8 Å². The lowest BCUT2D eigenvalue weighted by atomic mass is 9.97. The van der Waals surface area contributed by atoms with E-state index in [1.54, 1.807) is 24.3 Å². The van der Waals surface area contributed by atoms with E-state index in [1.807, 2.05) is 0 Å². The number of aliphatic carboxylic acids is 1. The van der Waals surface area contributed by atoms with E-state index in [9.17, 15) is 9.59 Å². The fraction of sp³-hybridized carbons (Fsp3) is 0.429. The second-order valence-electron chi connectivity index (χ2n) is 4.65. The van der Waals surface area contributed by atoms with Crippen LogP contribution in [0, 0.1) is 5.92 Å². The summed E-state index contributed by atoms with van der Waals surface area (Å²) < 4.78 is 10.3. The minimum Gasteiger partial charge on any atom is -0.497 e. The summed E-state index contributed by atoms with van der Waals surface area (Å²) in [6, 6.07) is 6.79. The van der Waals surface area contributed by atoms with Crippen molar-refractivity contribution in [1.82, 2.24) is 4.90 Å². The minimum atomic E-state index is -0.800. The Balaban J connectivity index is 1.91. The van der Waals surface area contributed by atoms with Crippen LogP contribution in [-0.4, -0.2) is 42.3 Å². The van der Waals surface area contributed by atoms with Crippen LogP contribution < -0.4 is 9.47 Å². The van der Waals surface area contributed by atoms with Crippen LogP contribution in [0.3, 0.4) is 0 Å². The second kappa shape index (κ2) is 6.27. The fourth-order valence-electron chi connectivity index (χ4n) is 2.14. The standard InChI is InChI=1S/C14H17NO5/c1-19-11-3-2-4-12(9-11)20-14(18)15-7-5-10(6-8-15)13(16)17/h2-4,9-10H,5-8H2,1H3,(H,16,17). The molecule has 1 N–H and O–H groups in total. The maximum atomic E-state index is 12.0. The number of carboxylic acid groups (broad SMARTS) is 1. The molecule has 1 aliphatic heterocycles. The SMILES string of the molecule is COc1cccc(OC(=O)N2CCC(C(=O)O)CC2)c1. The lowest BCUT2D eigenvalue weighted by molar-refractivity contribution is -0.143. The van der Waals surface area contributed by atoms with Crippen LogP contribution in [0.2, 0.25) is 0 Å². The van der Waals surface area contributed by atoms with Crippen LogP contribution >= 0.6 is 0 Å². The van der Waals surface area contributed by atoms with Crippen molar-refractivity contribution < 1.29 is 24.2 Å². The first-order valence-corrected chi connectivity index (χ1v) is 6.44. The van der Waals surface area contributed by atoms with Gasteiger partial charge in [0, 0.05) is 19.2 Å². The molecule has 0 saturated carbocycles. The Kier molecular flexibility index (Phi) is 4.45. The van der Waals surface area contributed by atoms with Gasteiger partial charge in [-0.25, -0.2) is 4.79 Å². The van der Waals surface area contributed by atoms with Gasteiger partial charge in [-0.15, -0.1) is 0 Å². The monoisotopic (exact) mass is 279 g/mol. The number of carboxylic acids is 1. The van der Waals surface area contributed by atoms with E-state index in [4.69, 9.17) is 14.6 Å². The number of amides is 1. The average Bonchev–Trinajstić information content (AvgIpc) is 2.47. The van der Waals surface area contributed by atoms with Gasteiger partial charge in [-0.3, -0.25) is 4.79 Å². The molecule has 108 valence electrons. The largest absolute Gasteiger partial charge is 0.497 e. The van der Waals surface area contributed by atoms with Crippen molar-refractivity contribution in [1.29, 1.82) is 0 Å². The van der Waals surface area contributed by atoms with Crippen molar-refractivity contribution in [3.63, 3.8) is 0 Å². The van der Waals surface area contributed by atoms with Crippen LogP contribution in [0.1, 0.15) is 12.8 Å². The van der Waals surface area contributed by atoms with Crippen LogP contribution in [0.4, 0.5) is 4.79 Å². The molecule has 1 aromatic rings. The molecule has 6 heteroatoms. The van der Waals surface area contributed by atoms with E-state index < -0.39 is 12.1 Å². The highest BCUT2D eigenvalue weighted by molar-refractivity contribution is 5.73. The first-order chi connectivity index (χ1) is 9.60. The number of hydrogen-bond acceptors (Lipinski definition) is 4. The number of methoxy groups -OCH3 is 1. The number of benzene rings is 1. The minimum absolute atomic E-state index is 0.365. The third-order valence-corrected chi connectivity index (χ3v) is 3.35. The Hall–Kier alpha value is -2.24. The molecule has 6 nitrogen and oxygen atoms in total. The van der Waals surface area contributed by atoms with Gasteiger partial charge in [-0.2, -0.15) is 0 Å². The average molecular weight is 279 g/mol. The van der Waals surface area contributed by atoms with E-state index >= 15 is 0 Å². The zero-order valence-corrected chi connectivity index (χ0v) is 11.2. The highest BCUT2D eigenvalue weighted by atomic mass is 16.6. The van der Waals surface area contributed by atoms with E-state index in [1.165, 1.54) is 12.0 Å². The van der Waals surface area contributed by atoms with Gasteiger partial charge in [0.25, 0.3) is 0 Å². The zero-order valence-electron chi connectivity index (χ0n) is 11.2. The Bertz CT molecular complexity index is 494. The molecular weight excluding hydrogens is 262 g/mol. The normalized spacial score (nSPS) is 15.8. The van der Waals surface area contributed by atoms with Gasteiger partial charge in [0.1, 0.15) is 11.5 Å². The van der Waals surface area contributed by atoms with Gasteiger partial charge in [-0.05, 0) is 25.0 Å². The molecule has 1 aromatic carbocycles. The summed E-state index contributed by atoms with van der Waals surface area (Å²) in [6.07, 6.45) is 0.465.